The lowest BCUT2D eigenvalue weighted by molar-refractivity contribution is -0.115. The molecule has 0 radical (unpaired) electrons. The molecule has 3 heteroatoms. The minimum atomic E-state index is -0.715. The van der Waals surface area contributed by atoms with Crippen molar-refractivity contribution < 1.29 is 4.79 Å². The molecule has 0 aliphatic carbocycles. The van der Waals surface area contributed by atoms with Crippen molar-refractivity contribution in [1.82, 2.24) is 0 Å². The summed E-state index contributed by atoms with van der Waals surface area (Å²) in [6.07, 6.45) is 0. The zero-order valence-electron chi connectivity index (χ0n) is 7.67. The predicted octanol–water partition coefficient (Wildman–Crippen LogP) is 2.31. The van der Waals surface area contributed by atoms with E-state index < -0.39 is 10.7 Å². The second kappa shape index (κ2) is 3.38. The number of hydrogen-bond donors (Lipinski definition) is 1. The van der Waals surface area contributed by atoms with Crippen molar-refractivity contribution in [2.45, 2.75) is 19.3 Å². The Hall–Kier alpha value is -1.02. The molecule has 0 heterocycles. The van der Waals surface area contributed by atoms with Crippen molar-refractivity contribution in [3.63, 3.8) is 0 Å². The third-order valence-electron chi connectivity index (χ3n) is 2.13. The molecule has 2 N–H and O–H groups in total. The Morgan fingerprint density at radius 1 is 1.38 bits per heavy atom. The molecule has 0 fully saturated rings. The van der Waals surface area contributed by atoms with E-state index in [2.05, 4.69) is 0 Å². The van der Waals surface area contributed by atoms with Gasteiger partial charge in [0.05, 0.1) is 5.41 Å². The highest BCUT2D eigenvalue weighted by Gasteiger charge is 2.29. The predicted molar refractivity (Wildman–Crippen MR) is 54.7 cm³/mol. The van der Waals surface area contributed by atoms with E-state index in [9.17, 15) is 4.79 Å². The van der Waals surface area contributed by atoms with Crippen LogP contribution in [0.1, 0.15) is 19.4 Å². The Bertz CT molecular complexity index is 333. The molecular formula is C10H12ClNO. The Balaban J connectivity index is 3.22. The standard InChI is InChI=1S/C10H12ClNO/c1-10(2,9(11)13)7-5-3-4-6-8(7)12/h3-6H,12H2,1-2H3. The maximum atomic E-state index is 11.1. The van der Waals surface area contributed by atoms with E-state index in [-0.39, 0.29) is 0 Å². The highest BCUT2D eigenvalue weighted by atomic mass is 35.5. The van der Waals surface area contributed by atoms with Crippen LogP contribution in [0.15, 0.2) is 24.3 Å². The highest BCUT2D eigenvalue weighted by molar-refractivity contribution is 6.65. The third kappa shape index (κ3) is 1.83. The number of rotatable bonds is 2. The Labute approximate surface area is 82.7 Å². The molecule has 0 aliphatic heterocycles. The SMILES string of the molecule is CC(C)(C(=O)Cl)c1ccccc1N. The average molecular weight is 198 g/mol. The van der Waals surface area contributed by atoms with Gasteiger partial charge >= 0.3 is 0 Å². The summed E-state index contributed by atoms with van der Waals surface area (Å²) in [6.45, 7) is 3.52. The summed E-state index contributed by atoms with van der Waals surface area (Å²) in [5, 5.41) is -0.398. The molecule has 0 aliphatic rings. The summed E-state index contributed by atoms with van der Waals surface area (Å²) in [5.41, 5.74) is 6.39. The lowest BCUT2D eigenvalue weighted by atomic mass is 9.85. The zero-order valence-corrected chi connectivity index (χ0v) is 8.43. The van der Waals surface area contributed by atoms with Crippen molar-refractivity contribution in [2.75, 3.05) is 5.73 Å². The first kappa shape index (κ1) is 10.1. The van der Waals surface area contributed by atoms with Crippen LogP contribution in [0.4, 0.5) is 5.69 Å². The van der Waals surface area contributed by atoms with Crippen molar-refractivity contribution >= 4 is 22.5 Å². The fraction of sp³-hybridized carbons (Fsp3) is 0.300. The van der Waals surface area contributed by atoms with Gasteiger partial charge in [-0.2, -0.15) is 0 Å². The fourth-order valence-electron chi connectivity index (χ4n) is 1.17. The number of hydrogen-bond acceptors (Lipinski definition) is 2. The Morgan fingerprint density at radius 2 is 1.92 bits per heavy atom. The normalized spacial score (nSPS) is 11.3. The van der Waals surface area contributed by atoms with Gasteiger partial charge < -0.3 is 5.73 Å². The highest BCUT2D eigenvalue weighted by Crippen LogP contribution is 2.29. The third-order valence-corrected chi connectivity index (χ3v) is 2.60. The summed E-state index contributed by atoms with van der Waals surface area (Å²) < 4.78 is 0. The van der Waals surface area contributed by atoms with Crippen molar-refractivity contribution in [1.29, 1.82) is 0 Å². The van der Waals surface area contributed by atoms with Crippen molar-refractivity contribution in [2.24, 2.45) is 0 Å². The molecule has 1 aromatic rings. The first-order valence-corrected chi connectivity index (χ1v) is 4.39. The maximum absolute atomic E-state index is 11.1. The molecule has 0 aromatic heterocycles. The van der Waals surface area contributed by atoms with Gasteiger partial charge in [-0.05, 0) is 37.1 Å². The molecule has 2 nitrogen and oxygen atoms in total. The lowest BCUT2D eigenvalue weighted by Crippen LogP contribution is -2.25. The van der Waals surface area contributed by atoms with Gasteiger partial charge in [0.1, 0.15) is 0 Å². The first-order chi connectivity index (χ1) is 5.96. The monoisotopic (exact) mass is 197 g/mol. The summed E-state index contributed by atoms with van der Waals surface area (Å²) >= 11 is 5.48. The molecule has 0 bridgehead atoms. The van der Waals surface area contributed by atoms with E-state index in [1.54, 1.807) is 19.9 Å². The van der Waals surface area contributed by atoms with Crippen LogP contribution in [-0.4, -0.2) is 5.24 Å². The quantitative estimate of drug-likeness (QED) is 0.584. The van der Waals surface area contributed by atoms with Gasteiger partial charge in [-0.25, -0.2) is 0 Å². The smallest absolute Gasteiger partial charge is 0.231 e. The number of anilines is 1. The molecule has 0 amide bonds. The van der Waals surface area contributed by atoms with Crippen LogP contribution < -0.4 is 5.73 Å². The Morgan fingerprint density at radius 3 is 2.38 bits per heavy atom. The fourth-order valence-corrected chi connectivity index (χ4v) is 1.27. The van der Waals surface area contributed by atoms with E-state index >= 15 is 0 Å². The number of nitrogen functional groups attached to an aromatic ring is 1. The Kier molecular flexibility index (Phi) is 2.62. The summed E-state index contributed by atoms with van der Waals surface area (Å²) in [5.74, 6) is 0. The van der Waals surface area contributed by atoms with Crippen LogP contribution in [0.2, 0.25) is 0 Å². The van der Waals surface area contributed by atoms with E-state index in [0.29, 0.717) is 5.69 Å². The van der Waals surface area contributed by atoms with Crippen LogP contribution in [0.5, 0.6) is 0 Å². The number of benzene rings is 1. The van der Waals surface area contributed by atoms with Gasteiger partial charge in [0.2, 0.25) is 5.24 Å². The van der Waals surface area contributed by atoms with Gasteiger partial charge in [-0.1, -0.05) is 18.2 Å². The van der Waals surface area contributed by atoms with Crippen molar-refractivity contribution in [3.8, 4) is 0 Å². The first-order valence-electron chi connectivity index (χ1n) is 4.01. The molecule has 13 heavy (non-hydrogen) atoms. The average Bonchev–Trinajstić information content (AvgIpc) is 2.04. The second-order valence-corrected chi connectivity index (χ2v) is 3.83. The van der Waals surface area contributed by atoms with Crippen LogP contribution >= 0.6 is 11.6 Å². The molecule has 0 unspecified atom stereocenters. The minimum Gasteiger partial charge on any atom is -0.398 e. The van der Waals surface area contributed by atoms with Crippen LogP contribution in [0, 0.1) is 0 Å². The second-order valence-electron chi connectivity index (χ2n) is 3.49. The molecule has 70 valence electrons. The van der Waals surface area contributed by atoms with E-state index in [4.69, 9.17) is 17.3 Å². The zero-order chi connectivity index (χ0) is 10.1. The minimum absolute atomic E-state index is 0.398. The summed E-state index contributed by atoms with van der Waals surface area (Å²) in [6, 6.07) is 7.24. The molecule has 0 saturated carbocycles. The number of para-hydroxylation sites is 1. The molecule has 0 atom stereocenters. The molecule has 0 saturated heterocycles. The number of halogens is 1. The van der Waals surface area contributed by atoms with E-state index in [1.807, 2.05) is 18.2 Å². The topological polar surface area (TPSA) is 43.1 Å². The summed E-state index contributed by atoms with van der Waals surface area (Å²) in [7, 11) is 0. The van der Waals surface area contributed by atoms with Gasteiger partial charge in [0, 0.05) is 5.69 Å². The number of carbonyl (C=O) groups excluding carboxylic acids is 1. The van der Waals surface area contributed by atoms with Gasteiger partial charge in [-0.15, -0.1) is 0 Å². The van der Waals surface area contributed by atoms with E-state index in [0.717, 1.165) is 5.56 Å². The molecule has 1 rings (SSSR count). The number of nitrogens with two attached hydrogens (primary N) is 1. The van der Waals surface area contributed by atoms with Crippen LogP contribution in [0.25, 0.3) is 0 Å². The number of carbonyl (C=O) groups is 1. The molecular weight excluding hydrogens is 186 g/mol. The maximum Gasteiger partial charge on any atom is 0.231 e. The van der Waals surface area contributed by atoms with E-state index in [1.165, 1.54) is 0 Å². The largest absolute Gasteiger partial charge is 0.398 e. The van der Waals surface area contributed by atoms with Crippen LogP contribution in [0.3, 0.4) is 0 Å². The van der Waals surface area contributed by atoms with Gasteiger partial charge in [-0.3, -0.25) is 4.79 Å². The van der Waals surface area contributed by atoms with Crippen LogP contribution in [-0.2, 0) is 10.2 Å². The molecule has 1 aromatic carbocycles. The van der Waals surface area contributed by atoms with Gasteiger partial charge in [0.25, 0.3) is 0 Å². The summed E-state index contributed by atoms with van der Waals surface area (Å²) in [4.78, 5) is 11.1. The molecule has 0 spiro atoms. The lowest BCUT2D eigenvalue weighted by Gasteiger charge is -2.21. The van der Waals surface area contributed by atoms with Gasteiger partial charge in [0.15, 0.2) is 0 Å². The van der Waals surface area contributed by atoms with Crippen molar-refractivity contribution in [3.05, 3.63) is 29.8 Å².